The molecule has 13 heavy (non-hydrogen) atoms. The number of H-pyrrole nitrogens is 1. The molecule has 2 aromatic rings. The third-order valence-electron chi connectivity index (χ3n) is 1.40. The molecule has 0 fully saturated rings. The van der Waals surface area contributed by atoms with Gasteiger partial charge in [-0.05, 0) is 28.1 Å². The van der Waals surface area contributed by atoms with Crippen molar-refractivity contribution in [3.63, 3.8) is 0 Å². The molecule has 0 saturated heterocycles. The van der Waals surface area contributed by atoms with Crippen LogP contribution in [0.2, 0.25) is 0 Å². The topological polar surface area (TPSA) is 50.8 Å². The second kappa shape index (κ2) is 3.32. The molecule has 0 aliphatic heterocycles. The summed E-state index contributed by atoms with van der Waals surface area (Å²) >= 11 is 9.60. The Morgan fingerprint density at radius 2 is 2.31 bits per heavy atom. The molecule has 2 heterocycles. The number of aromatic nitrogens is 3. The van der Waals surface area contributed by atoms with Gasteiger partial charge < -0.3 is 9.72 Å². The van der Waals surface area contributed by atoms with Crippen LogP contribution in [0.15, 0.2) is 4.60 Å². The standard InChI is InChI=1S/C6H4BrN3OS2/c1-11-4-2(7)8-5-3(9-4)10-6(12)13-5/h1H3,(H,9,10,12). The fourth-order valence-corrected chi connectivity index (χ4v) is 2.41. The number of nitrogens with zero attached hydrogens (tertiary/aromatic N) is 2. The molecule has 0 aliphatic rings. The van der Waals surface area contributed by atoms with E-state index >= 15 is 0 Å². The summed E-state index contributed by atoms with van der Waals surface area (Å²) in [5.41, 5.74) is 0.662. The smallest absolute Gasteiger partial charge is 0.249 e. The number of halogens is 1. The van der Waals surface area contributed by atoms with Crippen molar-refractivity contribution < 1.29 is 4.74 Å². The van der Waals surface area contributed by atoms with Gasteiger partial charge in [-0.1, -0.05) is 11.3 Å². The number of rotatable bonds is 1. The zero-order valence-electron chi connectivity index (χ0n) is 6.50. The van der Waals surface area contributed by atoms with E-state index in [1.54, 1.807) is 7.11 Å². The lowest BCUT2D eigenvalue weighted by atomic mass is 10.7. The van der Waals surface area contributed by atoms with E-state index in [1.165, 1.54) is 11.3 Å². The van der Waals surface area contributed by atoms with E-state index in [0.717, 1.165) is 4.83 Å². The summed E-state index contributed by atoms with van der Waals surface area (Å²) in [6.07, 6.45) is 0. The van der Waals surface area contributed by atoms with Gasteiger partial charge in [-0.15, -0.1) is 0 Å². The molecule has 1 N–H and O–H groups in total. The van der Waals surface area contributed by atoms with Gasteiger partial charge in [0.1, 0.15) is 0 Å². The number of thiazole rings is 1. The van der Waals surface area contributed by atoms with Crippen molar-refractivity contribution in [1.29, 1.82) is 0 Å². The molecule has 0 amide bonds. The van der Waals surface area contributed by atoms with Crippen LogP contribution in [0.1, 0.15) is 0 Å². The molecule has 0 unspecified atom stereocenters. The monoisotopic (exact) mass is 277 g/mol. The summed E-state index contributed by atoms with van der Waals surface area (Å²) in [5.74, 6) is 0.455. The van der Waals surface area contributed by atoms with Crippen LogP contribution >= 0.6 is 39.5 Å². The SMILES string of the molecule is COc1nc2[nH]c(=S)sc2nc1Br. The molecule has 0 atom stereocenters. The zero-order valence-corrected chi connectivity index (χ0v) is 9.72. The van der Waals surface area contributed by atoms with Gasteiger partial charge in [0.2, 0.25) is 5.88 Å². The van der Waals surface area contributed by atoms with Gasteiger partial charge in [-0.25, -0.2) is 4.98 Å². The highest BCUT2D eigenvalue weighted by atomic mass is 79.9. The number of aromatic amines is 1. The minimum absolute atomic E-state index is 0.455. The second-order valence-electron chi connectivity index (χ2n) is 2.19. The van der Waals surface area contributed by atoms with Gasteiger partial charge in [-0.2, -0.15) is 4.98 Å². The van der Waals surface area contributed by atoms with E-state index in [9.17, 15) is 0 Å². The van der Waals surface area contributed by atoms with Crippen LogP contribution in [0.4, 0.5) is 0 Å². The Bertz CT molecular complexity index is 506. The number of hydrogen-bond donors (Lipinski definition) is 1. The van der Waals surface area contributed by atoms with Gasteiger partial charge in [0.25, 0.3) is 0 Å². The first-order chi connectivity index (χ1) is 6.20. The molecule has 68 valence electrons. The Kier molecular flexibility index (Phi) is 2.31. The number of ether oxygens (including phenoxy) is 1. The summed E-state index contributed by atoms with van der Waals surface area (Å²) in [5, 5.41) is 0. The fraction of sp³-hybridized carbons (Fsp3) is 0.167. The van der Waals surface area contributed by atoms with Crippen LogP contribution in [0.5, 0.6) is 5.88 Å². The maximum Gasteiger partial charge on any atom is 0.249 e. The van der Waals surface area contributed by atoms with Gasteiger partial charge in [0.05, 0.1) is 7.11 Å². The number of hydrogen-bond acceptors (Lipinski definition) is 5. The Morgan fingerprint density at radius 1 is 1.54 bits per heavy atom. The highest BCUT2D eigenvalue weighted by Gasteiger charge is 2.07. The lowest BCUT2D eigenvalue weighted by Gasteiger charge is -1.98. The molecular weight excluding hydrogens is 274 g/mol. The summed E-state index contributed by atoms with van der Waals surface area (Å²) in [6, 6.07) is 0. The first kappa shape index (κ1) is 9.04. The largest absolute Gasteiger partial charge is 0.479 e. The minimum Gasteiger partial charge on any atom is -0.479 e. The van der Waals surface area contributed by atoms with Crippen LogP contribution in [-0.4, -0.2) is 22.1 Å². The molecule has 0 aliphatic carbocycles. The van der Waals surface area contributed by atoms with Crippen molar-refractivity contribution in [3.05, 3.63) is 8.56 Å². The molecule has 0 aromatic carbocycles. The first-order valence-electron chi connectivity index (χ1n) is 3.31. The van der Waals surface area contributed by atoms with Crippen LogP contribution in [0.3, 0.4) is 0 Å². The lowest BCUT2D eigenvalue weighted by molar-refractivity contribution is 0.394. The first-order valence-corrected chi connectivity index (χ1v) is 5.33. The molecule has 2 aromatic heterocycles. The lowest BCUT2D eigenvalue weighted by Crippen LogP contribution is -1.91. The van der Waals surface area contributed by atoms with Gasteiger partial charge in [0.15, 0.2) is 19.0 Å². The average Bonchev–Trinajstić information content (AvgIpc) is 2.42. The van der Waals surface area contributed by atoms with Gasteiger partial charge in [-0.3, -0.25) is 0 Å². The highest BCUT2D eigenvalue weighted by molar-refractivity contribution is 9.10. The zero-order chi connectivity index (χ0) is 9.42. The van der Waals surface area contributed by atoms with E-state index in [1.807, 2.05) is 0 Å². The number of nitrogens with one attached hydrogen (secondary N) is 1. The Balaban J connectivity index is 2.80. The summed E-state index contributed by atoms with van der Waals surface area (Å²) in [6.45, 7) is 0. The highest BCUT2D eigenvalue weighted by Crippen LogP contribution is 2.24. The predicted octanol–water partition coefficient (Wildman–Crippen LogP) is 2.52. The maximum atomic E-state index is 4.99. The van der Waals surface area contributed by atoms with Crippen LogP contribution in [0.25, 0.3) is 10.5 Å². The van der Waals surface area contributed by atoms with Crippen LogP contribution in [-0.2, 0) is 0 Å². The Hall–Kier alpha value is -0.530. The van der Waals surface area contributed by atoms with Crippen molar-refractivity contribution in [2.45, 2.75) is 0 Å². The van der Waals surface area contributed by atoms with E-state index in [0.29, 0.717) is 20.1 Å². The third kappa shape index (κ3) is 1.59. The van der Waals surface area contributed by atoms with Crippen LogP contribution < -0.4 is 4.74 Å². The fourth-order valence-electron chi connectivity index (χ4n) is 0.878. The molecule has 7 heteroatoms. The van der Waals surface area contributed by atoms with Crippen LogP contribution in [0, 0.1) is 3.95 Å². The average molecular weight is 278 g/mol. The molecule has 2 rings (SSSR count). The van der Waals surface area contributed by atoms with E-state index in [4.69, 9.17) is 17.0 Å². The summed E-state index contributed by atoms with van der Waals surface area (Å²) < 4.78 is 6.25. The maximum absolute atomic E-state index is 4.99. The molecule has 0 spiro atoms. The third-order valence-corrected chi connectivity index (χ3v) is 3.03. The Labute approximate surface area is 91.1 Å². The normalized spacial score (nSPS) is 10.6. The predicted molar refractivity (Wildman–Crippen MR) is 56.9 cm³/mol. The van der Waals surface area contributed by atoms with Gasteiger partial charge in [0, 0.05) is 0 Å². The van der Waals surface area contributed by atoms with Crippen molar-refractivity contribution in [3.8, 4) is 5.88 Å². The number of methoxy groups -OCH3 is 1. The quantitative estimate of drug-likeness (QED) is 0.814. The number of fused-ring (bicyclic) bond motifs is 1. The minimum atomic E-state index is 0.455. The van der Waals surface area contributed by atoms with Crippen molar-refractivity contribution in [2.24, 2.45) is 0 Å². The Morgan fingerprint density at radius 3 is 3.00 bits per heavy atom. The van der Waals surface area contributed by atoms with Crippen molar-refractivity contribution in [1.82, 2.24) is 15.0 Å². The molecule has 0 bridgehead atoms. The molecular formula is C6H4BrN3OS2. The van der Waals surface area contributed by atoms with Gasteiger partial charge >= 0.3 is 0 Å². The van der Waals surface area contributed by atoms with E-state index < -0.39 is 0 Å². The van der Waals surface area contributed by atoms with E-state index in [2.05, 4.69) is 30.9 Å². The van der Waals surface area contributed by atoms with E-state index in [-0.39, 0.29) is 0 Å². The molecule has 4 nitrogen and oxygen atoms in total. The van der Waals surface area contributed by atoms with Crippen molar-refractivity contribution >= 4 is 50.0 Å². The molecule has 0 saturated carbocycles. The van der Waals surface area contributed by atoms with Crippen molar-refractivity contribution in [2.75, 3.05) is 7.11 Å². The molecule has 0 radical (unpaired) electrons. The summed E-state index contributed by atoms with van der Waals surface area (Å²) in [7, 11) is 1.54. The summed E-state index contributed by atoms with van der Waals surface area (Å²) in [4.78, 5) is 12.1. The second-order valence-corrected chi connectivity index (χ2v) is 4.61.